The van der Waals surface area contributed by atoms with Crippen LogP contribution in [0.15, 0.2) is 53.3 Å². The average molecular weight is 463 g/mol. The van der Waals surface area contributed by atoms with Gasteiger partial charge in [0.2, 0.25) is 5.91 Å². The number of H-pyrrole nitrogens is 1. The van der Waals surface area contributed by atoms with Crippen LogP contribution in [-0.4, -0.2) is 41.3 Å². The molecule has 8 nitrogen and oxygen atoms in total. The molecule has 0 bridgehead atoms. The van der Waals surface area contributed by atoms with E-state index in [2.05, 4.69) is 20.5 Å². The summed E-state index contributed by atoms with van der Waals surface area (Å²) in [6.07, 6.45) is 4.76. The van der Waals surface area contributed by atoms with E-state index < -0.39 is 0 Å². The second-order valence-electron chi connectivity index (χ2n) is 8.50. The first kappa shape index (κ1) is 23.5. The number of carbonyl (C=O) groups is 1. The summed E-state index contributed by atoms with van der Waals surface area (Å²) in [5.41, 5.74) is 1.66. The third kappa shape index (κ3) is 6.21. The Morgan fingerprint density at radius 3 is 2.74 bits per heavy atom. The predicted molar refractivity (Wildman–Crippen MR) is 129 cm³/mol. The maximum Gasteiger partial charge on any atom is 0.273 e. The Morgan fingerprint density at radius 1 is 1.12 bits per heavy atom. The van der Waals surface area contributed by atoms with Crippen molar-refractivity contribution in [1.29, 1.82) is 0 Å². The van der Waals surface area contributed by atoms with Crippen molar-refractivity contribution >= 4 is 5.91 Å². The number of aryl methyl sites for hydroxylation is 1. The highest BCUT2D eigenvalue weighted by Crippen LogP contribution is 2.28. The summed E-state index contributed by atoms with van der Waals surface area (Å²) in [6.45, 7) is 1.20. The van der Waals surface area contributed by atoms with Crippen LogP contribution >= 0.6 is 0 Å². The molecular weight excluding hydrogens is 432 g/mol. The van der Waals surface area contributed by atoms with Crippen LogP contribution in [0.4, 0.5) is 0 Å². The quantitative estimate of drug-likeness (QED) is 0.453. The third-order valence-corrected chi connectivity index (χ3v) is 6.08. The van der Waals surface area contributed by atoms with Crippen molar-refractivity contribution in [2.75, 3.05) is 20.3 Å². The fourth-order valence-corrected chi connectivity index (χ4v) is 3.83. The number of nitrogens with zero attached hydrogens (tertiary/aromatic N) is 2. The lowest BCUT2D eigenvalue weighted by atomic mass is 9.86. The lowest BCUT2D eigenvalue weighted by Gasteiger charge is -2.25. The van der Waals surface area contributed by atoms with Crippen LogP contribution < -0.4 is 20.3 Å². The van der Waals surface area contributed by atoms with Gasteiger partial charge < -0.3 is 19.8 Å². The van der Waals surface area contributed by atoms with Gasteiger partial charge in [0.25, 0.3) is 5.56 Å². The van der Waals surface area contributed by atoms with Crippen molar-refractivity contribution in [3.8, 4) is 22.9 Å². The molecule has 1 aromatic heterocycles. The molecular formula is C26H30N4O4. The molecule has 1 amide bonds. The highest BCUT2D eigenvalue weighted by Gasteiger charge is 2.18. The summed E-state index contributed by atoms with van der Waals surface area (Å²) in [6, 6.07) is 15.2. The number of hydrogen-bond donors (Lipinski definition) is 2. The minimum atomic E-state index is -0.340. The van der Waals surface area contributed by atoms with E-state index in [9.17, 15) is 9.59 Å². The fourth-order valence-electron chi connectivity index (χ4n) is 3.83. The molecule has 34 heavy (non-hydrogen) atoms. The lowest BCUT2D eigenvalue weighted by Crippen LogP contribution is -2.27. The molecule has 2 aromatic carbocycles. The van der Waals surface area contributed by atoms with E-state index in [0.717, 1.165) is 22.6 Å². The molecule has 1 heterocycles. The number of aromatic nitrogens is 3. The summed E-state index contributed by atoms with van der Waals surface area (Å²) in [7, 11) is 1.63. The van der Waals surface area contributed by atoms with Crippen LogP contribution in [0, 0.1) is 5.92 Å². The van der Waals surface area contributed by atoms with E-state index in [1.54, 1.807) is 7.11 Å². The first-order chi connectivity index (χ1) is 16.6. The largest absolute Gasteiger partial charge is 0.496 e. The molecule has 1 fully saturated rings. The number of rotatable bonds is 11. The van der Waals surface area contributed by atoms with Gasteiger partial charge in [0.1, 0.15) is 17.2 Å². The molecule has 4 rings (SSSR count). The number of amides is 1. The summed E-state index contributed by atoms with van der Waals surface area (Å²) in [4.78, 5) is 27.5. The van der Waals surface area contributed by atoms with E-state index in [-0.39, 0.29) is 30.0 Å². The van der Waals surface area contributed by atoms with Crippen LogP contribution in [0.5, 0.6) is 11.5 Å². The SMILES string of the molecule is COc1ccccc1CCNC(=O)CCc1nnc(-c2cccc(OCC3CCC3)c2)[nH]c1=O. The molecule has 1 saturated carbocycles. The van der Waals surface area contributed by atoms with E-state index in [1.807, 2.05) is 48.5 Å². The normalized spacial score (nSPS) is 13.2. The van der Waals surface area contributed by atoms with Gasteiger partial charge in [0.05, 0.1) is 13.7 Å². The standard InChI is InChI=1S/C26H30N4O4/c1-33-23-11-3-2-8-19(23)14-15-27-24(31)13-12-22-26(32)28-25(30-29-22)20-9-5-10-21(16-20)34-17-18-6-4-7-18/h2-3,5,8-11,16,18H,4,6-7,12-15,17H2,1H3,(H,27,31)(H,28,30,32). The summed E-state index contributed by atoms with van der Waals surface area (Å²) >= 11 is 0. The Balaban J connectivity index is 1.27. The third-order valence-electron chi connectivity index (χ3n) is 6.08. The molecule has 2 N–H and O–H groups in total. The van der Waals surface area contributed by atoms with Gasteiger partial charge in [-0.1, -0.05) is 36.8 Å². The Kier molecular flexibility index (Phi) is 7.91. The Labute approximate surface area is 198 Å². The Morgan fingerprint density at radius 2 is 1.97 bits per heavy atom. The van der Waals surface area contributed by atoms with Gasteiger partial charge in [-0.3, -0.25) is 9.59 Å². The van der Waals surface area contributed by atoms with E-state index in [4.69, 9.17) is 9.47 Å². The van der Waals surface area contributed by atoms with E-state index in [1.165, 1.54) is 19.3 Å². The van der Waals surface area contributed by atoms with E-state index >= 15 is 0 Å². The number of carbonyl (C=O) groups excluding carboxylic acids is 1. The summed E-state index contributed by atoms with van der Waals surface area (Å²) in [5, 5.41) is 11.1. The van der Waals surface area contributed by atoms with Crippen molar-refractivity contribution in [2.24, 2.45) is 5.92 Å². The van der Waals surface area contributed by atoms with Gasteiger partial charge in [-0.05, 0) is 48.9 Å². The maximum atomic E-state index is 12.5. The summed E-state index contributed by atoms with van der Waals surface area (Å²) in [5.74, 6) is 2.43. The molecule has 0 spiro atoms. The molecule has 3 aromatic rings. The van der Waals surface area contributed by atoms with Crippen LogP contribution in [0.1, 0.15) is 36.9 Å². The molecule has 1 aliphatic carbocycles. The van der Waals surface area contributed by atoms with Gasteiger partial charge >= 0.3 is 0 Å². The minimum Gasteiger partial charge on any atom is -0.496 e. The smallest absolute Gasteiger partial charge is 0.273 e. The number of methoxy groups -OCH3 is 1. The zero-order valence-electron chi connectivity index (χ0n) is 19.4. The minimum absolute atomic E-state index is 0.142. The van der Waals surface area contributed by atoms with Gasteiger partial charge in [-0.25, -0.2) is 0 Å². The molecule has 8 heteroatoms. The summed E-state index contributed by atoms with van der Waals surface area (Å²) < 4.78 is 11.2. The van der Waals surface area contributed by atoms with E-state index in [0.29, 0.717) is 31.3 Å². The zero-order chi connectivity index (χ0) is 23.8. The molecule has 0 unspecified atom stereocenters. The molecule has 0 aliphatic heterocycles. The van der Waals surface area contributed by atoms with Crippen LogP contribution in [0.2, 0.25) is 0 Å². The fraction of sp³-hybridized carbons (Fsp3) is 0.385. The number of ether oxygens (including phenoxy) is 2. The molecule has 0 atom stereocenters. The molecule has 0 saturated heterocycles. The van der Waals surface area contributed by atoms with Crippen molar-refractivity contribution in [3.05, 3.63) is 70.1 Å². The number of benzene rings is 2. The first-order valence-corrected chi connectivity index (χ1v) is 11.7. The van der Waals surface area contributed by atoms with Gasteiger partial charge in [-0.15, -0.1) is 10.2 Å². The van der Waals surface area contributed by atoms with Crippen molar-refractivity contribution in [3.63, 3.8) is 0 Å². The molecule has 1 aliphatic rings. The van der Waals surface area contributed by atoms with Crippen LogP contribution in [0.25, 0.3) is 11.4 Å². The number of aromatic amines is 1. The Hall–Kier alpha value is -3.68. The maximum absolute atomic E-state index is 12.5. The van der Waals surface area contributed by atoms with Crippen LogP contribution in [-0.2, 0) is 17.6 Å². The van der Waals surface area contributed by atoms with Crippen molar-refractivity contribution in [1.82, 2.24) is 20.5 Å². The molecule has 178 valence electrons. The predicted octanol–water partition coefficient (Wildman–Crippen LogP) is 3.31. The second kappa shape index (κ2) is 11.4. The number of para-hydroxylation sites is 1. The number of hydrogen-bond acceptors (Lipinski definition) is 6. The monoisotopic (exact) mass is 462 g/mol. The van der Waals surface area contributed by atoms with Gasteiger partial charge in [0.15, 0.2) is 5.82 Å². The van der Waals surface area contributed by atoms with Gasteiger partial charge in [0, 0.05) is 24.9 Å². The average Bonchev–Trinajstić information content (AvgIpc) is 2.83. The second-order valence-corrected chi connectivity index (χ2v) is 8.50. The molecule has 0 radical (unpaired) electrons. The first-order valence-electron chi connectivity index (χ1n) is 11.7. The highest BCUT2D eigenvalue weighted by molar-refractivity contribution is 5.76. The van der Waals surface area contributed by atoms with Gasteiger partial charge in [-0.2, -0.15) is 0 Å². The lowest BCUT2D eigenvalue weighted by molar-refractivity contribution is -0.121. The van der Waals surface area contributed by atoms with Crippen LogP contribution in [0.3, 0.4) is 0 Å². The highest BCUT2D eigenvalue weighted by atomic mass is 16.5. The van der Waals surface area contributed by atoms with Crippen molar-refractivity contribution < 1.29 is 14.3 Å². The topological polar surface area (TPSA) is 106 Å². The zero-order valence-corrected chi connectivity index (χ0v) is 19.4. The Bertz CT molecular complexity index is 1170. The number of nitrogens with one attached hydrogen (secondary N) is 2. The van der Waals surface area contributed by atoms with Crippen molar-refractivity contribution in [2.45, 2.75) is 38.5 Å².